The first-order valence-corrected chi connectivity index (χ1v) is 8.92. The normalized spacial score (nSPS) is 22.9. The second kappa shape index (κ2) is 6.75. The number of likely N-dealkylation sites (tertiary alicyclic amines) is 1. The lowest BCUT2D eigenvalue weighted by Gasteiger charge is -2.41. The van der Waals surface area contributed by atoms with Crippen molar-refractivity contribution in [1.82, 2.24) is 24.6 Å². The first kappa shape index (κ1) is 16.5. The molecule has 1 aliphatic carbocycles. The molecule has 26 heavy (non-hydrogen) atoms. The molecule has 2 aromatic heterocycles. The number of nitriles is 1. The van der Waals surface area contributed by atoms with Gasteiger partial charge in [0.2, 0.25) is 5.91 Å². The van der Waals surface area contributed by atoms with Gasteiger partial charge in [0.15, 0.2) is 11.5 Å². The monoisotopic (exact) mass is 351 g/mol. The highest BCUT2D eigenvalue weighted by atomic mass is 16.2. The van der Waals surface area contributed by atoms with E-state index in [9.17, 15) is 10.1 Å². The Kier molecular flexibility index (Phi) is 4.29. The van der Waals surface area contributed by atoms with Gasteiger partial charge in [-0.2, -0.15) is 10.4 Å². The molecular formula is C18H21N7O. The molecule has 2 fully saturated rings. The average Bonchev–Trinajstić information content (AvgIpc) is 3.41. The van der Waals surface area contributed by atoms with E-state index < -0.39 is 0 Å². The van der Waals surface area contributed by atoms with Gasteiger partial charge < -0.3 is 10.2 Å². The summed E-state index contributed by atoms with van der Waals surface area (Å²) < 4.78 is 1.78. The van der Waals surface area contributed by atoms with Gasteiger partial charge in [-0.25, -0.2) is 9.97 Å². The summed E-state index contributed by atoms with van der Waals surface area (Å²) in [5.74, 6) is 0.954. The van der Waals surface area contributed by atoms with E-state index in [1.54, 1.807) is 10.9 Å². The first-order valence-electron chi connectivity index (χ1n) is 8.92. The molecule has 2 atom stereocenters. The zero-order chi connectivity index (χ0) is 18.1. The van der Waals surface area contributed by atoms with Gasteiger partial charge in [0, 0.05) is 56.1 Å². The Bertz CT molecular complexity index is 851. The van der Waals surface area contributed by atoms with E-state index in [4.69, 9.17) is 0 Å². The Balaban J connectivity index is 1.58. The molecule has 0 unspecified atom stereocenters. The Morgan fingerprint density at radius 1 is 1.31 bits per heavy atom. The second-order valence-corrected chi connectivity index (χ2v) is 6.97. The lowest BCUT2D eigenvalue weighted by atomic mass is 9.85. The van der Waals surface area contributed by atoms with Crippen LogP contribution < -0.4 is 5.32 Å². The highest BCUT2D eigenvalue weighted by Crippen LogP contribution is 2.43. The first-order chi connectivity index (χ1) is 12.7. The maximum atomic E-state index is 12.6. The number of aryl methyl sites for hydroxylation is 1. The summed E-state index contributed by atoms with van der Waals surface area (Å²) in [5, 5.41) is 16.8. The molecule has 1 saturated heterocycles. The standard InChI is InChI=1S/C18H21N7O/c1-24-11-13(10-23-24)17-12(2-5-16(26)25(17)14-3-4-14)9-22-18-15(8-19)20-6-7-21-18/h6-7,10-12,14,17H,2-5,9H2,1H3,(H,21,22)/t12-,17+/m1/s1. The van der Waals surface area contributed by atoms with E-state index in [1.165, 1.54) is 6.20 Å². The Morgan fingerprint density at radius 3 is 2.81 bits per heavy atom. The van der Waals surface area contributed by atoms with Crippen LogP contribution >= 0.6 is 0 Å². The van der Waals surface area contributed by atoms with Crippen LogP contribution in [-0.4, -0.2) is 43.1 Å². The van der Waals surface area contributed by atoms with E-state index >= 15 is 0 Å². The SMILES string of the molecule is Cn1cc([C@@H]2[C@@H](CNc3nccnc3C#N)CCC(=O)N2C2CC2)cn1. The van der Waals surface area contributed by atoms with E-state index in [0.717, 1.165) is 24.8 Å². The van der Waals surface area contributed by atoms with Crippen molar-refractivity contribution in [3.63, 3.8) is 0 Å². The maximum Gasteiger partial charge on any atom is 0.223 e. The lowest BCUT2D eigenvalue weighted by molar-refractivity contribution is -0.139. The molecule has 2 aromatic rings. The summed E-state index contributed by atoms with van der Waals surface area (Å²) in [4.78, 5) is 22.9. The number of carbonyl (C=O) groups is 1. The number of amides is 1. The van der Waals surface area contributed by atoms with Gasteiger partial charge in [-0.15, -0.1) is 0 Å². The number of hydrogen-bond acceptors (Lipinski definition) is 6. The summed E-state index contributed by atoms with van der Waals surface area (Å²) in [6, 6.07) is 2.42. The van der Waals surface area contributed by atoms with Crippen LogP contribution in [0, 0.1) is 17.2 Å². The summed E-state index contributed by atoms with van der Waals surface area (Å²) in [7, 11) is 1.89. The van der Waals surface area contributed by atoms with Crippen molar-refractivity contribution in [2.45, 2.75) is 37.8 Å². The van der Waals surface area contributed by atoms with Crippen LogP contribution in [0.5, 0.6) is 0 Å². The quantitative estimate of drug-likeness (QED) is 0.879. The lowest BCUT2D eigenvalue weighted by Crippen LogP contribution is -2.46. The molecular weight excluding hydrogens is 330 g/mol. The number of nitrogens with one attached hydrogen (secondary N) is 1. The number of rotatable bonds is 5. The number of piperidine rings is 1. The number of nitrogens with zero attached hydrogens (tertiary/aromatic N) is 6. The summed E-state index contributed by atoms with van der Waals surface area (Å²) in [6.07, 6.45) is 10.4. The zero-order valence-corrected chi connectivity index (χ0v) is 14.7. The van der Waals surface area contributed by atoms with Crippen LogP contribution in [-0.2, 0) is 11.8 Å². The predicted octanol–water partition coefficient (Wildman–Crippen LogP) is 1.64. The highest BCUT2D eigenvalue weighted by molar-refractivity contribution is 5.78. The number of anilines is 1. The van der Waals surface area contributed by atoms with Crippen molar-refractivity contribution >= 4 is 11.7 Å². The molecule has 0 radical (unpaired) electrons. The van der Waals surface area contributed by atoms with Crippen molar-refractivity contribution in [2.24, 2.45) is 13.0 Å². The van der Waals surface area contributed by atoms with Crippen molar-refractivity contribution in [2.75, 3.05) is 11.9 Å². The van der Waals surface area contributed by atoms with E-state index in [1.807, 2.05) is 19.4 Å². The molecule has 0 bridgehead atoms. The highest BCUT2D eigenvalue weighted by Gasteiger charge is 2.44. The third-order valence-electron chi connectivity index (χ3n) is 5.11. The minimum Gasteiger partial charge on any atom is -0.367 e. The smallest absolute Gasteiger partial charge is 0.223 e. The minimum atomic E-state index is 0.00663. The fourth-order valence-corrected chi connectivity index (χ4v) is 3.78. The molecule has 0 spiro atoms. The van der Waals surface area contributed by atoms with Gasteiger partial charge >= 0.3 is 0 Å². The van der Waals surface area contributed by atoms with Gasteiger partial charge in [-0.05, 0) is 19.3 Å². The molecule has 0 aromatic carbocycles. The van der Waals surface area contributed by atoms with Gasteiger partial charge in [0.1, 0.15) is 6.07 Å². The van der Waals surface area contributed by atoms with Crippen LogP contribution in [0.25, 0.3) is 0 Å². The Morgan fingerprint density at radius 2 is 2.12 bits per heavy atom. The number of hydrogen-bond donors (Lipinski definition) is 1. The van der Waals surface area contributed by atoms with Gasteiger partial charge in [0.05, 0.1) is 12.2 Å². The molecule has 1 amide bonds. The van der Waals surface area contributed by atoms with Crippen molar-refractivity contribution in [3.8, 4) is 6.07 Å². The molecule has 1 aliphatic heterocycles. The Hall–Kier alpha value is -2.95. The molecule has 8 heteroatoms. The second-order valence-electron chi connectivity index (χ2n) is 6.97. The van der Waals surface area contributed by atoms with Gasteiger partial charge in [0.25, 0.3) is 0 Å². The fraction of sp³-hybridized carbons (Fsp3) is 0.500. The van der Waals surface area contributed by atoms with Crippen LogP contribution in [0.2, 0.25) is 0 Å². The van der Waals surface area contributed by atoms with Crippen LogP contribution in [0.1, 0.15) is 43.0 Å². The van der Waals surface area contributed by atoms with E-state index in [-0.39, 0.29) is 23.6 Å². The van der Waals surface area contributed by atoms with Crippen LogP contribution in [0.15, 0.2) is 24.8 Å². The topological polar surface area (TPSA) is 99.7 Å². The zero-order valence-electron chi connectivity index (χ0n) is 14.7. The summed E-state index contributed by atoms with van der Waals surface area (Å²) in [6.45, 7) is 0.628. The summed E-state index contributed by atoms with van der Waals surface area (Å²) >= 11 is 0. The van der Waals surface area contributed by atoms with Gasteiger partial charge in [-0.1, -0.05) is 0 Å². The van der Waals surface area contributed by atoms with Crippen molar-refractivity contribution in [3.05, 3.63) is 36.0 Å². The van der Waals surface area contributed by atoms with Crippen LogP contribution in [0.4, 0.5) is 5.82 Å². The average molecular weight is 351 g/mol. The largest absolute Gasteiger partial charge is 0.367 e. The van der Waals surface area contributed by atoms with Crippen molar-refractivity contribution in [1.29, 1.82) is 5.26 Å². The molecule has 8 nitrogen and oxygen atoms in total. The predicted molar refractivity (Wildman–Crippen MR) is 93.8 cm³/mol. The Labute approximate surface area is 151 Å². The molecule has 134 valence electrons. The molecule has 1 saturated carbocycles. The molecule has 2 aliphatic rings. The van der Waals surface area contributed by atoms with E-state index in [0.29, 0.717) is 24.8 Å². The maximum absolute atomic E-state index is 12.6. The minimum absolute atomic E-state index is 0.00663. The molecule has 3 heterocycles. The number of carbonyl (C=O) groups excluding carboxylic acids is 1. The summed E-state index contributed by atoms with van der Waals surface area (Å²) in [5.41, 5.74) is 1.36. The van der Waals surface area contributed by atoms with Crippen LogP contribution in [0.3, 0.4) is 0 Å². The third kappa shape index (κ3) is 3.12. The molecule has 4 rings (SSSR count). The van der Waals surface area contributed by atoms with E-state index in [2.05, 4.69) is 31.4 Å². The molecule has 1 N–H and O–H groups in total. The van der Waals surface area contributed by atoms with Crippen molar-refractivity contribution < 1.29 is 4.79 Å². The number of aromatic nitrogens is 4. The van der Waals surface area contributed by atoms with Gasteiger partial charge in [-0.3, -0.25) is 9.48 Å². The third-order valence-corrected chi connectivity index (χ3v) is 5.11. The fourth-order valence-electron chi connectivity index (χ4n) is 3.78.